The number of hydrogen-bond acceptors (Lipinski definition) is 2. The summed E-state index contributed by atoms with van der Waals surface area (Å²) < 4.78 is 0. The van der Waals surface area contributed by atoms with Crippen LogP contribution in [-0.2, 0) is 0 Å². The fourth-order valence-electron chi connectivity index (χ4n) is 2.41. The minimum absolute atomic E-state index is 0.0170. The van der Waals surface area contributed by atoms with Gasteiger partial charge in [0.15, 0.2) is 0 Å². The van der Waals surface area contributed by atoms with Crippen LogP contribution >= 0.6 is 0 Å². The number of anilines is 2. The fourth-order valence-corrected chi connectivity index (χ4v) is 2.41. The summed E-state index contributed by atoms with van der Waals surface area (Å²) in [5.41, 5.74) is 3.80. The van der Waals surface area contributed by atoms with Gasteiger partial charge in [-0.05, 0) is 26.0 Å². The molecule has 1 unspecified atom stereocenters. The highest BCUT2D eigenvalue weighted by Crippen LogP contribution is 2.40. The second-order valence-corrected chi connectivity index (χ2v) is 4.96. The lowest BCUT2D eigenvalue weighted by Gasteiger charge is -2.49. The second-order valence-electron chi connectivity index (χ2n) is 4.96. The summed E-state index contributed by atoms with van der Waals surface area (Å²) in [6.45, 7) is 9.48. The molecule has 2 rings (SSSR count). The molecule has 2 nitrogen and oxygen atoms in total. The Morgan fingerprint density at radius 2 is 1.81 bits per heavy atom. The number of rotatable bonds is 1. The summed E-state index contributed by atoms with van der Waals surface area (Å²) in [5.74, 6) is 0. The van der Waals surface area contributed by atoms with Gasteiger partial charge in [-0.2, -0.15) is 0 Å². The number of nitrogens with zero attached hydrogens (tertiary/aromatic N) is 2. The molecule has 0 bridgehead atoms. The first-order valence-electron chi connectivity index (χ1n) is 5.67. The summed E-state index contributed by atoms with van der Waals surface area (Å²) in [6, 6.07) is 8.52. The predicted molar refractivity (Wildman–Crippen MR) is 71.3 cm³/mol. The van der Waals surface area contributed by atoms with E-state index in [1.165, 1.54) is 16.9 Å². The monoisotopic (exact) mass is 216 g/mol. The van der Waals surface area contributed by atoms with Crippen LogP contribution in [0.5, 0.6) is 0 Å². The minimum Gasteiger partial charge on any atom is -0.370 e. The largest absolute Gasteiger partial charge is 0.370 e. The Balaban J connectivity index is 2.53. The normalized spacial score (nSPS) is 24.2. The molecule has 1 aliphatic rings. The van der Waals surface area contributed by atoms with Gasteiger partial charge >= 0.3 is 0 Å². The van der Waals surface area contributed by atoms with E-state index in [0.29, 0.717) is 0 Å². The third-order valence-corrected chi connectivity index (χ3v) is 3.86. The average molecular weight is 216 g/mol. The number of hydrogen-bond donors (Lipinski definition) is 0. The van der Waals surface area contributed by atoms with Gasteiger partial charge in [-0.3, -0.25) is 0 Å². The van der Waals surface area contributed by atoms with Gasteiger partial charge in [0.25, 0.3) is 0 Å². The molecule has 86 valence electrons. The molecule has 0 radical (unpaired) electrons. The van der Waals surface area contributed by atoms with Crippen LogP contribution in [0, 0.1) is 0 Å². The van der Waals surface area contributed by atoms with Crippen molar-refractivity contribution < 1.29 is 0 Å². The summed E-state index contributed by atoms with van der Waals surface area (Å²) in [6.07, 6.45) is 0. The molecule has 0 amide bonds. The maximum absolute atomic E-state index is 4.14. The molecular formula is C14H20N2. The summed E-state index contributed by atoms with van der Waals surface area (Å²) in [7, 11) is 4.30. The van der Waals surface area contributed by atoms with E-state index in [1.807, 2.05) is 0 Å². The SMILES string of the molecule is C=C(C)C1(C)CN(C)c2ccccc2N1C. The smallest absolute Gasteiger partial charge is 0.0752 e. The molecule has 16 heavy (non-hydrogen) atoms. The van der Waals surface area contributed by atoms with E-state index in [1.54, 1.807) is 0 Å². The molecule has 1 heterocycles. The van der Waals surface area contributed by atoms with Crippen LogP contribution < -0.4 is 9.80 Å². The number of fused-ring (bicyclic) bond motifs is 1. The molecule has 0 spiro atoms. The Kier molecular flexibility index (Phi) is 2.45. The van der Waals surface area contributed by atoms with Crippen LogP contribution in [0.25, 0.3) is 0 Å². The Morgan fingerprint density at radius 1 is 1.25 bits per heavy atom. The first kappa shape index (κ1) is 11.1. The Labute approximate surface area is 98.2 Å². The highest BCUT2D eigenvalue weighted by Gasteiger charge is 2.37. The van der Waals surface area contributed by atoms with Crippen molar-refractivity contribution in [2.24, 2.45) is 0 Å². The second kappa shape index (κ2) is 3.55. The van der Waals surface area contributed by atoms with Gasteiger partial charge in [0.2, 0.25) is 0 Å². The molecule has 0 aromatic heterocycles. The molecular weight excluding hydrogens is 196 g/mol. The van der Waals surface area contributed by atoms with E-state index in [9.17, 15) is 0 Å². The quantitative estimate of drug-likeness (QED) is 0.666. The zero-order chi connectivity index (χ0) is 11.9. The van der Waals surface area contributed by atoms with Crippen LogP contribution in [-0.4, -0.2) is 26.2 Å². The van der Waals surface area contributed by atoms with Crippen molar-refractivity contribution in [2.75, 3.05) is 30.4 Å². The molecule has 0 aliphatic carbocycles. The topological polar surface area (TPSA) is 6.48 Å². The van der Waals surface area contributed by atoms with E-state index in [-0.39, 0.29) is 5.54 Å². The molecule has 1 aromatic carbocycles. The molecule has 0 saturated carbocycles. The molecule has 1 aliphatic heterocycles. The van der Waals surface area contributed by atoms with Crippen molar-refractivity contribution in [1.29, 1.82) is 0 Å². The van der Waals surface area contributed by atoms with E-state index in [2.05, 4.69) is 68.6 Å². The number of benzene rings is 1. The van der Waals surface area contributed by atoms with Gasteiger partial charge < -0.3 is 9.80 Å². The van der Waals surface area contributed by atoms with Crippen LogP contribution in [0.15, 0.2) is 36.4 Å². The van der Waals surface area contributed by atoms with Crippen molar-refractivity contribution in [3.63, 3.8) is 0 Å². The van der Waals surface area contributed by atoms with Gasteiger partial charge in [0, 0.05) is 20.6 Å². The van der Waals surface area contributed by atoms with Gasteiger partial charge in [0.1, 0.15) is 0 Å². The lowest BCUT2D eigenvalue weighted by molar-refractivity contribution is 0.500. The Hall–Kier alpha value is -1.44. The summed E-state index contributed by atoms with van der Waals surface area (Å²) >= 11 is 0. The van der Waals surface area contributed by atoms with E-state index in [4.69, 9.17) is 0 Å². The lowest BCUT2D eigenvalue weighted by atomic mass is 9.88. The van der Waals surface area contributed by atoms with Crippen molar-refractivity contribution in [3.05, 3.63) is 36.4 Å². The number of likely N-dealkylation sites (N-methyl/N-ethyl adjacent to an activating group) is 2. The predicted octanol–water partition coefficient (Wildman–Crippen LogP) is 2.91. The van der Waals surface area contributed by atoms with Gasteiger partial charge in [-0.1, -0.05) is 24.3 Å². The molecule has 2 heteroatoms. The van der Waals surface area contributed by atoms with E-state index < -0.39 is 0 Å². The van der Waals surface area contributed by atoms with Crippen LogP contribution in [0.1, 0.15) is 13.8 Å². The first-order chi connectivity index (χ1) is 7.47. The zero-order valence-corrected chi connectivity index (χ0v) is 10.6. The van der Waals surface area contributed by atoms with Crippen molar-refractivity contribution in [2.45, 2.75) is 19.4 Å². The van der Waals surface area contributed by atoms with Crippen LogP contribution in [0.3, 0.4) is 0 Å². The third-order valence-electron chi connectivity index (χ3n) is 3.86. The fraction of sp³-hybridized carbons (Fsp3) is 0.429. The summed E-state index contributed by atoms with van der Waals surface area (Å²) in [4.78, 5) is 4.65. The Morgan fingerprint density at radius 3 is 2.38 bits per heavy atom. The van der Waals surface area contributed by atoms with Gasteiger partial charge in [0.05, 0.1) is 16.9 Å². The van der Waals surface area contributed by atoms with Crippen LogP contribution in [0.4, 0.5) is 11.4 Å². The maximum Gasteiger partial charge on any atom is 0.0752 e. The summed E-state index contributed by atoms with van der Waals surface area (Å²) in [5, 5.41) is 0. The molecule has 0 fully saturated rings. The lowest BCUT2D eigenvalue weighted by Crippen LogP contribution is -2.56. The standard InChI is InChI=1S/C14H20N2/c1-11(2)14(3)10-15(4)12-8-6-7-9-13(12)16(14)5/h6-9H,1,10H2,2-5H3. The highest BCUT2D eigenvalue weighted by atomic mass is 15.3. The minimum atomic E-state index is 0.0170. The maximum atomic E-state index is 4.14. The first-order valence-corrected chi connectivity index (χ1v) is 5.67. The zero-order valence-electron chi connectivity index (χ0n) is 10.6. The molecule has 0 N–H and O–H groups in total. The van der Waals surface area contributed by atoms with E-state index >= 15 is 0 Å². The van der Waals surface area contributed by atoms with Gasteiger partial charge in [-0.25, -0.2) is 0 Å². The Bertz CT molecular complexity index is 424. The molecule has 1 aromatic rings. The van der Waals surface area contributed by atoms with Crippen molar-refractivity contribution >= 4 is 11.4 Å². The highest BCUT2D eigenvalue weighted by molar-refractivity contribution is 5.75. The van der Waals surface area contributed by atoms with E-state index in [0.717, 1.165) is 6.54 Å². The number of para-hydroxylation sites is 2. The van der Waals surface area contributed by atoms with Crippen molar-refractivity contribution in [3.8, 4) is 0 Å². The van der Waals surface area contributed by atoms with Gasteiger partial charge in [-0.15, -0.1) is 0 Å². The average Bonchev–Trinajstić information content (AvgIpc) is 2.26. The third kappa shape index (κ3) is 1.41. The molecule has 1 atom stereocenters. The van der Waals surface area contributed by atoms with Crippen molar-refractivity contribution in [1.82, 2.24) is 0 Å². The molecule has 0 saturated heterocycles. The van der Waals surface area contributed by atoms with Crippen LogP contribution in [0.2, 0.25) is 0 Å².